The number of carbonyl (C=O) groups is 1. The molecular weight excluding hydrogens is 308 g/mol. The summed E-state index contributed by atoms with van der Waals surface area (Å²) in [5.74, 6) is 0.288. The van der Waals surface area contributed by atoms with Gasteiger partial charge in [0.25, 0.3) is 0 Å². The molecule has 1 amide bonds. The van der Waals surface area contributed by atoms with Crippen molar-refractivity contribution in [3.8, 4) is 0 Å². The number of rotatable bonds is 2. The lowest BCUT2D eigenvalue weighted by molar-refractivity contribution is -0.113. The van der Waals surface area contributed by atoms with Crippen LogP contribution in [0.5, 0.6) is 0 Å². The number of hydrogen-bond acceptors (Lipinski definition) is 4. The molecule has 5 nitrogen and oxygen atoms in total. The Kier molecular flexibility index (Phi) is 3.98. The largest absolute Gasteiger partial charge is 0.324 e. The van der Waals surface area contributed by atoms with E-state index in [1.165, 1.54) is 11.8 Å². The second-order valence-electron chi connectivity index (χ2n) is 5.46. The maximum absolute atomic E-state index is 12.8. The number of amides is 1. The van der Waals surface area contributed by atoms with Crippen molar-refractivity contribution >= 4 is 33.4 Å². The van der Waals surface area contributed by atoms with Crippen LogP contribution in [0.2, 0.25) is 0 Å². The third kappa shape index (κ3) is 2.82. The Labute approximate surface area is 129 Å². The van der Waals surface area contributed by atoms with Crippen LogP contribution in [-0.2, 0) is 14.8 Å². The molecule has 3 rings (SSSR count). The van der Waals surface area contributed by atoms with Crippen LogP contribution in [0.25, 0.3) is 0 Å². The number of fused-ring (bicyclic) bond motifs is 1. The number of nitrogens with one attached hydrogen (secondary N) is 1. The summed E-state index contributed by atoms with van der Waals surface area (Å²) in [5.41, 5.74) is 0.599. The number of anilines is 1. The number of hydrogen-bond donors (Lipinski definition) is 1. The highest BCUT2D eigenvalue weighted by Crippen LogP contribution is 2.34. The summed E-state index contributed by atoms with van der Waals surface area (Å²) in [6.45, 7) is 2.52. The van der Waals surface area contributed by atoms with Crippen LogP contribution < -0.4 is 5.32 Å². The van der Waals surface area contributed by atoms with Crippen LogP contribution in [-0.4, -0.2) is 37.0 Å². The Morgan fingerprint density at radius 1 is 1.33 bits per heavy atom. The van der Waals surface area contributed by atoms with Crippen molar-refractivity contribution in [1.29, 1.82) is 0 Å². The molecule has 0 aliphatic carbocycles. The standard InChI is InChI=1S/C14H18N2O3S2/c1-10-4-2-3-7-16(10)21(18,19)11-5-6-13-12(8-11)15-14(17)9-20-13/h5-6,8,10H,2-4,7,9H2,1H3,(H,15,17). The molecule has 0 bridgehead atoms. The van der Waals surface area contributed by atoms with Crippen LogP contribution in [0.4, 0.5) is 5.69 Å². The van der Waals surface area contributed by atoms with Crippen LogP contribution >= 0.6 is 11.8 Å². The van der Waals surface area contributed by atoms with Crippen molar-refractivity contribution in [1.82, 2.24) is 4.31 Å². The predicted octanol–water partition coefficient (Wildman–Crippen LogP) is 2.29. The molecule has 0 spiro atoms. The Morgan fingerprint density at radius 3 is 2.90 bits per heavy atom. The minimum absolute atomic E-state index is 0.0312. The summed E-state index contributed by atoms with van der Waals surface area (Å²) in [5, 5.41) is 2.74. The van der Waals surface area contributed by atoms with E-state index >= 15 is 0 Å². The molecule has 0 radical (unpaired) electrons. The first-order valence-corrected chi connectivity index (χ1v) is 9.49. The van der Waals surface area contributed by atoms with Gasteiger partial charge in [-0.2, -0.15) is 4.31 Å². The molecule has 1 aromatic carbocycles. The third-order valence-corrected chi connectivity index (χ3v) is 7.02. The summed E-state index contributed by atoms with van der Waals surface area (Å²) in [6, 6.07) is 5.03. The van der Waals surface area contributed by atoms with Crippen LogP contribution in [0.1, 0.15) is 26.2 Å². The normalized spacial score (nSPS) is 23.5. The number of thioether (sulfide) groups is 1. The average molecular weight is 326 g/mol. The highest BCUT2D eigenvalue weighted by Gasteiger charge is 2.31. The first kappa shape index (κ1) is 14.9. The van der Waals surface area contributed by atoms with Gasteiger partial charge in [-0.15, -0.1) is 11.8 Å². The van der Waals surface area contributed by atoms with E-state index in [2.05, 4.69) is 5.32 Å². The highest BCUT2D eigenvalue weighted by atomic mass is 32.2. The Balaban J connectivity index is 1.95. The van der Waals surface area contributed by atoms with Gasteiger partial charge in [0.1, 0.15) is 0 Å². The van der Waals surface area contributed by atoms with E-state index in [0.717, 1.165) is 24.2 Å². The van der Waals surface area contributed by atoms with Gasteiger partial charge in [-0.1, -0.05) is 6.42 Å². The van der Waals surface area contributed by atoms with E-state index in [0.29, 0.717) is 18.0 Å². The van der Waals surface area contributed by atoms with Crippen LogP contribution in [0.15, 0.2) is 28.0 Å². The van der Waals surface area contributed by atoms with E-state index in [1.54, 1.807) is 22.5 Å². The van der Waals surface area contributed by atoms with Gasteiger partial charge >= 0.3 is 0 Å². The molecule has 1 atom stereocenters. The van der Waals surface area contributed by atoms with Crippen molar-refractivity contribution in [2.75, 3.05) is 17.6 Å². The van der Waals surface area contributed by atoms with Gasteiger partial charge in [-0.05, 0) is 38.0 Å². The van der Waals surface area contributed by atoms with Crippen molar-refractivity contribution in [2.24, 2.45) is 0 Å². The predicted molar refractivity (Wildman–Crippen MR) is 83.0 cm³/mol. The van der Waals surface area contributed by atoms with Crippen LogP contribution in [0, 0.1) is 0 Å². The fraction of sp³-hybridized carbons (Fsp3) is 0.500. The van der Waals surface area contributed by atoms with Crippen molar-refractivity contribution in [3.63, 3.8) is 0 Å². The molecule has 7 heteroatoms. The van der Waals surface area contributed by atoms with Gasteiger partial charge in [0.15, 0.2) is 0 Å². The van der Waals surface area contributed by atoms with Crippen molar-refractivity contribution in [3.05, 3.63) is 18.2 Å². The monoisotopic (exact) mass is 326 g/mol. The van der Waals surface area contributed by atoms with E-state index in [4.69, 9.17) is 0 Å². The number of nitrogens with zero attached hydrogens (tertiary/aromatic N) is 1. The number of carbonyl (C=O) groups excluding carboxylic acids is 1. The molecule has 2 aliphatic heterocycles. The molecule has 1 aromatic rings. The fourth-order valence-corrected chi connectivity index (χ4v) is 5.30. The molecular formula is C14H18N2O3S2. The molecule has 114 valence electrons. The summed E-state index contributed by atoms with van der Waals surface area (Å²) in [7, 11) is -3.49. The minimum Gasteiger partial charge on any atom is -0.324 e. The summed E-state index contributed by atoms with van der Waals surface area (Å²) in [6.07, 6.45) is 2.88. The second kappa shape index (κ2) is 5.62. The third-order valence-electron chi connectivity index (χ3n) is 3.93. The van der Waals surface area contributed by atoms with Gasteiger partial charge in [-0.25, -0.2) is 8.42 Å². The van der Waals surface area contributed by atoms with Crippen LogP contribution in [0.3, 0.4) is 0 Å². The Hall–Kier alpha value is -1.05. The van der Waals surface area contributed by atoms with E-state index in [1.807, 2.05) is 6.92 Å². The first-order valence-electron chi connectivity index (χ1n) is 7.07. The number of benzene rings is 1. The fourth-order valence-electron chi connectivity index (χ4n) is 2.79. The van der Waals surface area contributed by atoms with Gasteiger partial charge in [0.2, 0.25) is 15.9 Å². The topological polar surface area (TPSA) is 66.5 Å². The lowest BCUT2D eigenvalue weighted by atomic mass is 10.1. The maximum atomic E-state index is 12.8. The van der Waals surface area contributed by atoms with E-state index < -0.39 is 10.0 Å². The lowest BCUT2D eigenvalue weighted by Gasteiger charge is -2.32. The molecule has 2 heterocycles. The maximum Gasteiger partial charge on any atom is 0.243 e. The first-order chi connectivity index (χ1) is 9.98. The lowest BCUT2D eigenvalue weighted by Crippen LogP contribution is -2.41. The zero-order chi connectivity index (χ0) is 15.0. The quantitative estimate of drug-likeness (QED) is 0.905. The molecule has 1 unspecified atom stereocenters. The Morgan fingerprint density at radius 2 is 2.14 bits per heavy atom. The SMILES string of the molecule is CC1CCCCN1S(=O)(=O)c1ccc2c(c1)NC(=O)CS2. The Bertz CT molecular complexity index is 673. The summed E-state index contributed by atoms with van der Waals surface area (Å²) < 4.78 is 27.1. The summed E-state index contributed by atoms with van der Waals surface area (Å²) in [4.78, 5) is 12.6. The molecule has 21 heavy (non-hydrogen) atoms. The molecule has 1 N–H and O–H groups in total. The van der Waals surface area contributed by atoms with Crippen molar-refractivity contribution in [2.45, 2.75) is 42.0 Å². The molecule has 0 saturated carbocycles. The average Bonchev–Trinajstić information content (AvgIpc) is 2.46. The zero-order valence-electron chi connectivity index (χ0n) is 11.8. The van der Waals surface area contributed by atoms with E-state index in [9.17, 15) is 13.2 Å². The number of piperidine rings is 1. The van der Waals surface area contributed by atoms with Gasteiger partial charge < -0.3 is 5.32 Å². The number of sulfonamides is 1. The minimum atomic E-state index is -3.49. The zero-order valence-corrected chi connectivity index (χ0v) is 13.5. The van der Waals surface area contributed by atoms with Gasteiger partial charge in [-0.3, -0.25) is 4.79 Å². The summed E-state index contributed by atoms with van der Waals surface area (Å²) >= 11 is 1.43. The highest BCUT2D eigenvalue weighted by molar-refractivity contribution is 8.00. The molecule has 1 saturated heterocycles. The van der Waals surface area contributed by atoms with Crippen molar-refractivity contribution < 1.29 is 13.2 Å². The molecule has 2 aliphatic rings. The molecule has 0 aromatic heterocycles. The smallest absolute Gasteiger partial charge is 0.243 e. The van der Waals surface area contributed by atoms with E-state index in [-0.39, 0.29) is 16.8 Å². The molecule has 1 fully saturated rings. The van der Waals surface area contributed by atoms with Gasteiger partial charge in [0, 0.05) is 17.5 Å². The second-order valence-corrected chi connectivity index (χ2v) is 8.36. The van der Waals surface area contributed by atoms with Gasteiger partial charge in [0.05, 0.1) is 16.3 Å².